The highest BCUT2D eigenvalue weighted by Crippen LogP contribution is 2.45. The van der Waals surface area contributed by atoms with E-state index < -0.39 is 18.3 Å². The van der Waals surface area contributed by atoms with Crippen LogP contribution < -0.4 is 10.2 Å². The van der Waals surface area contributed by atoms with E-state index in [4.69, 9.17) is 0 Å². The summed E-state index contributed by atoms with van der Waals surface area (Å²) in [6.07, 6.45) is -3.36. The van der Waals surface area contributed by atoms with Crippen LogP contribution in [0.1, 0.15) is 50.9 Å². The molecule has 2 aromatic carbocycles. The third-order valence-corrected chi connectivity index (χ3v) is 8.71. The number of amides is 1. The average Bonchev–Trinajstić information content (AvgIpc) is 3.64. The molecule has 1 saturated heterocycles. The Hall–Kier alpha value is -3.63. The Bertz CT molecular complexity index is 1360. The molecular formula is C29H29F3N5OS+. The van der Waals surface area contributed by atoms with Crippen molar-refractivity contribution in [1.82, 2.24) is 14.7 Å². The molecule has 0 spiro atoms. The third kappa shape index (κ3) is 5.06. The summed E-state index contributed by atoms with van der Waals surface area (Å²) in [4.78, 5) is 17.5. The quantitative estimate of drug-likeness (QED) is 0.376. The van der Waals surface area contributed by atoms with Gasteiger partial charge in [0.25, 0.3) is 5.91 Å². The Morgan fingerprint density at radius 2 is 1.62 bits per heavy atom. The van der Waals surface area contributed by atoms with Gasteiger partial charge in [-0.15, -0.1) is 11.3 Å². The number of alkyl halides is 3. The number of aromatic nitrogens is 2. The highest BCUT2D eigenvalue weighted by Gasteiger charge is 2.48. The first-order chi connectivity index (χ1) is 18.9. The fourth-order valence-corrected chi connectivity index (χ4v) is 6.60. The summed E-state index contributed by atoms with van der Waals surface area (Å²) >= 11 is 1.40. The number of thiophene rings is 1. The maximum atomic E-state index is 14.0. The van der Waals surface area contributed by atoms with Crippen molar-refractivity contribution < 1.29 is 22.9 Å². The molecule has 0 radical (unpaired) electrons. The molecule has 2 atom stereocenters. The van der Waals surface area contributed by atoms with Crippen LogP contribution in [0.15, 0.2) is 84.4 Å². The molecular weight excluding hydrogens is 523 g/mol. The fourth-order valence-electron chi connectivity index (χ4n) is 5.81. The van der Waals surface area contributed by atoms with Crippen LogP contribution in [0.5, 0.6) is 0 Å². The third-order valence-electron chi connectivity index (χ3n) is 7.72. The van der Waals surface area contributed by atoms with Gasteiger partial charge in [0.1, 0.15) is 17.4 Å². The molecule has 1 fully saturated rings. The number of benzene rings is 2. The summed E-state index contributed by atoms with van der Waals surface area (Å²) < 4.78 is 43.0. The number of hydrogen-bond donors (Lipinski definition) is 2. The molecule has 39 heavy (non-hydrogen) atoms. The molecule has 2 unspecified atom stereocenters. The minimum atomic E-state index is -4.47. The highest BCUT2D eigenvalue weighted by molar-refractivity contribution is 7.10. The van der Waals surface area contributed by atoms with Crippen LogP contribution in [-0.4, -0.2) is 52.9 Å². The zero-order valence-corrected chi connectivity index (χ0v) is 22.0. The minimum absolute atomic E-state index is 0.134. The number of piperazine rings is 1. The topological polar surface area (TPSA) is 54.6 Å². The van der Waals surface area contributed by atoms with Gasteiger partial charge in [0.05, 0.1) is 38.4 Å². The van der Waals surface area contributed by atoms with Crippen molar-refractivity contribution >= 4 is 23.1 Å². The molecule has 2 aliphatic heterocycles. The lowest BCUT2D eigenvalue weighted by atomic mass is 9.96. The lowest BCUT2D eigenvalue weighted by molar-refractivity contribution is -0.929. The standard InChI is InChI=1S/C29H28F3N5OS/c30-29(31,32)25-18-23(24-12-7-17-39-24)34-27-22(19-33-37(25)27)28(38)36-15-13-35(14-16-36)26(20-8-3-1-4-9-20)21-10-5-2-6-11-21/h1-12,17,19,23,25-26,34H,13-16,18H2/p+1. The van der Waals surface area contributed by atoms with E-state index in [0.717, 1.165) is 22.6 Å². The molecule has 4 heterocycles. The molecule has 10 heteroatoms. The number of hydrogen-bond acceptors (Lipinski definition) is 4. The second-order valence-corrected chi connectivity index (χ2v) is 11.0. The van der Waals surface area contributed by atoms with Gasteiger partial charge in [-0.25, -0.2) is 4.68 Å². The maximum Gasteiger partial charge on any atom is 0.410 e. The molecule has 202 valence electrons. The molecule has 6 nitrogen and oxygen atoms in total. The summed E-state index contributed by atoms with van der Waals surface area (Å²) in [6.45, 7) is 2.46. The van der Waals surface area contributed by atoms with Gasteiger partial charge >= 0.3 is 6.18 Å². The van der Waals surface area contributed by atoms with E-state index in [1.165, 1.54) is 33.6 Å². The van der Waals surface area contributed by atoms with E-state index >= 15 is 0 Å². The number of halogens is 3. The van der Waals surface area contributed by atoms with Crippen LogP contribution >= 0.6 is 11.3 Å². The molecule has 0 bridgehead atoms. The van der Waals surface area contributed by atoms with Crippen LogP contribution in [0.2, 0.25) is 0 Å². The second kappa shape index (κ2) is 10.5. The molecule has 2 aromatic heterocycles. The van der Waals surface area contributed by atoms with Gasteiger partial charge in [-0.3, -0.25) is 4.79 Å². The zero-order valence-electron chi connectivity index (χ0n) is 21.1. The normalized spacial score (nSPS) is 20.1. The Morgan fingerprint density at radius 3 is 2.18 bits per heavy atom. The fraction of sp³-hybridized carbons (Fsp3) is 0.310. The number of carbonyl (C=O) groups excluding carboxylic acids is 1. The Morgan fingerprint density at radius 1 is 0.974 bits per heavy atom. The van der Waals surface area contributed by atoms with Crippen molar-refractivity contribution in [1.29, 1.82) is 0 Å². The van der Waals surface area contributed by atoms with Gasteiger partial charge in [-0.2, -0.15) is 18.3 Å². The SMILES string of the molecule is O=C(c1cnn2c1NC(c1cccs1)CC2C(F)(F)F)N1CC[NH+](C(c2ccccc2)c2ccccc2)CC1. The largest absolute Gasteiger partial charge is 0.410 e. The van der Waals surface area contributed by atoms with Gasteiger partial charge in [-0.05, 0) is 11.4 Å². The van der Waals surface area contributed by atoms with Crippen LogP contribution in [0, 0.1) is 0 Å². The van der Waals surface area contributed by atoms with Crippen molar-refractivity contribution in [2.75, 3.05) is 31.5 Å². The van der Waals surface area contributed by atoms with E-state index in [2.05, 4.69) is 34.7 Å². The number of fused-ring (bicyclic) bond motifs is 1. The minimum Gasteiger partial charge on any atom is -0.362 e. The number of anilines is 1. The van der Waals surface area contributed by atoms with Gasteiger partial charge in [0.15, 0.2) is 6.04 Å². The number of quaternary nitrogens is 1. The van der Waals surface area contributed by atoms with Crippen molar-refractivity contribution in [3.05, 3.63) is 106 Å². The first kappa shape index (κ1) is 25.6. The molecule has 0 aliphatic carbocycles. The lowest BCUT2D eigenvalue weighted by Crippen LogP contribution is -3.15. The summed E-state index contributed by atoms with van der Waals surface area (Å²) in [5.74, 6) is -0.139. The molecule has 2 N–H and O–H groups in total. The average molecular weight is 553 g/mol. The van der Waals surface area contributed by atoms with Crippen molar-refractivity contribution in [3.8, 4) is 0 Å². The van der Waals surface area contributed by atoms with Crippen molar-refractivity contribution in [2.24, 2.45) is 0 Å². The van der Waals surface area contributed by atoms with E-state index in [0.29, 0.717) is 13.1 Å². The summed E-state index contributed by atoms with van der Waals surface area (Å²) in [5.41, 5.74) is 2.62. The predicted octanol–water partition coefficient (Wildman–Crippen LogP) is 4.74. The smallest absolute Gasteiger partial charge is 0.362 e. The van der Waals surface area contributed by atoms with Crippen LogP contribution in [0.25, 0.3) is 0 Å². The molecule has 2 aliphatic rings. The highest BCUT2D eigenvalue weighted by atomic mass is 32.1. The van der Waals surface area contributed by atoms with Crippen LogP contribution in [0.4, 0.5) is 19.0 Å². The van der Waals surface area contributed by atoms with E-state index in [1.807, 2.05) is 53.9 Å². The van der Waals surface area contributed by atoms with E-state index in [1.54, 1.807) is 4.90 Å². The summed E-state index contributed by atoms with van der Waals surface area (Å²) in [7, 11) is 0. The Labute approximate surface area is 228 Å². The summed E-state index contributed by atoms with van der Waals surface area (Å²) in [6, 6.07) is 22.2. The zero-order chi connectivity index (χ0) is 27.0. The number of carbonyl (C=O) groups is 1. The molecule has 1 amide bonds. The molecule has 0 saturated carbocycles. The first-order valence-electron chi connectivity index (χ1n) is 13.1. The van der Waals surface area contributed by atoms with Crippen molar-refractivity contribution in [2.45, 2.75) is 30.7 Å². The number of nitrogens with zero attached hydrogens (tertiary/aromatic N) is 3. The second-order valence-electron chi connectivity index (χ2n) is 10.1. The predicted molar refractivity (Wildman–Crippen MR) is 144 cm³/mol. The number of rotatable bonds is 5. The van der Waals surface area contributed by atoms with Gasteiger partial charge in [0.2, 0.25) is 0 Å². The van der Waals surface area contributed by atoms with E-state index in [-0.39, 0.29) is 29.8 Å². The summed E-state index contributed by atoms with van der Waals surface area (Å²) in [5, 5.41) is 9.09. The first-order valence-corrected chi connectivity index (χ1v) is 14.0. The van der Waals surface area contributed by atoms with E-state index in [9.17, 15) is 18.0 Å². The van der Waals surface area contributed by atoms with Crippen LogP contribution in [-0.2, 0) is 0 Å². The molecule has 4 aromatic rings. The van der Waals surface area contributed by atoms with Crippen molar-refractivity contribution in [3.63, 3.8) is 0 Å². The Balaban J connectivity index is 1.22. The maximum absolute atomic E-state index is 14.0. The monoisotopic (exact) mass is 552 g/mol. The lowest BCUT2D eigenvalue weighted by Gasteiger charge is -2.37. The Kier molecular flexibility index (Phi) is 6.90. The van der Waals surface area contributed by atoms with Gasteiger partial charge in [-0.1, -0.05) is 66.7 Å². The van der Waals surface area contributed by atoms with Gasteiger partial charge < -0.3 is 15.1 Å². The van der Waals surface area contributed by atoms with Gasteiger partial charge in [0, 0.05) is 22.4 Å². The molecule has 6 rings (SSSR count). The van der Waals surface area contributed by atoms with Crippen LogP contribution in [0.3, 0.4) is 0 Å². The number of nitrogens with one attached hydrogen (secondary N) is 2.